The van der Waals surface area contributed by atoms with E-state index in [-0.39, 0.29) is 5.91 Å². The number of carbonyl (C=O) groups excluding carboxylic acids is 1. The van der Waals surface area contributed by atoms with Gasteiger partial charge in [0, 0.05) is 30.6 Å². The van der Waals surface area contributed by atoms with Gasteiger partial charge in [-0.15, -0.1) is 0 Å². The van der Waals surface area contributed by atoms with Crippen molar-refractivity contribution >= 4 is 11.6 Å². The van der Waals surface area contributed by atoms with Crippen LogP contribution in [0, 0.1) is 0 Å². The van der Waals surface area contributed by atoms with E-state index in [9.17, 15) is 4.79 Å². The van der Waals surface area contributed by atoms with Crippen LogP contribution in [-0.2, 0) is 11.2 Å². The van der Waals surface area contributed by atoms with Gasteiger partial charge in [-0.25, -0.2) is 0 Å². The topological polar surface area (TPSA) is 68.5 Å². The number of rotatable bonds is 7. The van der Waals surface area contributed by atoms with Gasteiger partial charge in [0.05, 0.1) is 7.11 Å². The lowest BCUT2D eigenvalue weighted by atomic mass is 10.2. The molecular weight excluding hydrogens is 330 g/mol. The van der Waals surface area contributed by atoms with Crippen molar-refractivity contribution < 1.29 is 14.1 Å². The molecule has 3 aromatic rings. The number of carbonyl (C=O) groups is 1. The predicted octanol–water partition coefficient (Wildman–Crippen LogP) is 3.73. The van der Waals surface area contributed by atoms with E-state index in [2.05, 4.69) is 10.1 Å². The highest BCUT2D eigenvalue weighted by Gasteiger charge is 2.16. The summed E-state index contributed by atoms with van der Waals surface area (Å²) in [5.41, 5.74) is 1.73. The van der Waals surface area contributed by atoms with Gasteiger partial charge in [0.2, 0.25) is 17.6 Å². The summed E-state index contributed by atoms with van der Waals surface area (Å²) < 4.78 is 10.4. The number of methoxy groups -OCH3 is 1. The Balaban J connectivity index is 1.63. The Morgan fingerprint density at radius 3 is 2.50 bits per heavy atom. The van der Waals surface area contributed by atoms with Crippen molar-refractivity contribution in [3.05, 3.63) is 60.5 Å². The van der Waals surface area contributed by atoms with E-state index in [0.29, 0.717) is 31.1 Å². The highest BCUT2D eigenvalue weighted by molar-refractivity contribution is 5.93. The number of aromatic nitrogens is 2. The number of nitrogens with zero attached hydrogens (tertiary/aromatic N) is 3. The highest BCUT2D eigenvalue weighted by Crippen LogP contribution is 2.20. The molecule has 0 atom stereocenters. The molecule has 6 nitrogen and oxygen atoms in total. The third-order valence-electron chi connectivity index (χ3n) is 4.05. The highest BCUT2D eigenvalue weighted by atomic mass is 16.5. The molecule has 1 aromatic heterocycles. The van der Waals surface area contributed by atoms with Crippen LogP contribution < -0.4 is 9.64 Å². The number of benzene rings is 2. The number of hydrogen-bond donors (Lipinski definition) is 0. The van der Waals surface area contributed by atoms with Gasteiger partial charge in [0.25, 0.3) is 0 Å². The molecule has 6 heteroatoms. The minimum atomic E-state index is 0.0305. The monoisotopic (exact) mass is 351 g/mol. The first kappa shape index (κ1) is 17.7. The summed E-state index contributed by atoms with van der Waals surface area (Å²) in [4.78, 5) is 18.6. The molecule has 0 bridgehead atoms. The summed E-state index contributed by atoms with van der Waals surface area (Å²) in [5.74, 6) is 1.75. The van der Waals surface area contributed by atoms with Crippen molar-refractivity contribution in [2.75, 3.05) is 18.6 Å². The Kier molecular flexibility index (Phi) is 5.63. The SMILES string of the molecule is CCN(C(=O)CCc1nc(-c2ccc(OC)cc2)no1)c1ccccc1. The summed E-state index contributed by atoms with van der Waals surface area (Å²) in [6.45, 7) is 2.57. The fraction of sp³-hybridized carbons (Fsp3) is 0.250. The third kappa shape index (κ3) is 4.08. The van der Waals surface area contributed by atoms with Crippen molar-refractivity contribution in [2.24, 2.45) is 0 Å². The molecule has 0 radical (unpaired) electrons. The van der Waals surface area contributed by atoms with Crippen LogP contribution in [0.3, 0.4) is 0 Å². The lowest BCUT2D eigenvalue weighted by Crippen LogP contribution is -2.30. The molecule has 1 heterocycles. The van der Waals surface area contributed by atoms with Gasteiger partial charge in [-0.2, -0.15) is 4.98 Å². The Morgan fingerprint density at radius 1 is 1.12 bits per heavy atom. The smallest absolute Gasteiger partial charge is 0.227 e. The standard InChI is InChI=1S/C20H21N3O3/c1-3-23(16-7-5-4-6-8-16)19(24)14-13-18-21-20(22-26-18)15-9-11-17(25-2)12-10-15/h4-12H,3,13-14H2,1-2H3. The fourth-order valence-corrected chi connectivity index (χ4v) is 2.67. The van der Waals surface area contributed by atoms with Gasteiger partial charge in [-0.1, -0.05) is 23.4 Å². The maximum atomic E-state index is 12.5. The van der Waals surface area contributed by atoms with Crippen LogP contribution >= 0.6 is 0 Å². The zero-order chi connectivity index (χ0) is 18.4. The second-order valence-corrected chi connectivity index (χ2v) is 5.71. The Morgan fingerprint density at radius 2 is 1.85 bits per heavy atom. The van der Waals surface area contributed by atoms with Gasteiger partial charge in [0.15, 0.2) is 0 Å². The fourth-order valence-electron chi connectivity index (χ4n) is 2.67. The summed E-state index contributed by atoms with van der Waals surface area (Å²) in [7, 11) is 1.62. The van der Waals surface area contributed by atoms with E-state index < -0.39 is 0 Å². The van der Waals surface area contributed by atoms with Crippen LogP contribution in [0.5, 0.6) is 5.75 Å². The minimum Gasteiger partial charge on any atom is -0.497 e. The number of hydrogen-bond acceptors (Lipinski definition) is 5. The molecule has 0 fully saturated rings. The molecule has 0 unspecified atom stereocenters. The van der Waals surface area contributed by atoms with Gasteiger partial charge < -0.3 is 14.2 Å². The lowest BCUT2D eigenvalue weighted by Gasteiger charge is -2.20. The van der Waals surface area contributed by atoms with E-state index in [1.165, 1.54) is 0 Å². The molecule has 0 N–H and O–H groups in total. The van der Waals surface area contributed by atoms with Crippen molar-refractivity contribution in [1.29, 1.82) is 0 Å². The average molecular weight is 351 g/mol. The first-order valence-electron chi connectivity index (χ1n) is 8.53. The first-order valence-corrected chi connectivity index (χ1v) is 8.53. The molecule has 134 valence electrons. The molecule has 0 aliphatic rings. The summed E-state index contributed by atoms with van der Waals surface area (Å²) in [5, 5.41) is 3.99. The average Bonchev–Trinajstić information content (AvgIpc) is 3.17. The van der Waals surface area contributed by atoms with Crippen LogP contribution in [0.1, 0.15) is 19.2 Å². The van der Waals surface area contributed by atoms with Gasteiger partial charge in [-0.05, 0) is 43.3 Å². The lowest BCUT2D eigenvalue weighted by molar-refractivity contribution is -0.118. The number of ether oxygens (including phenoxy) is 1. The van der Waals surface area contributed by atoms with Crippen molar-refractivity contribution in [1.82, 2.24) is 10.1 Å². The van der Waals surface area contributed by atoms with Crippen LogP contribution in [0.4, 0.5) is 5.69 Å². The Hall–Kier alpha value is -3.15. The quantitative estimate of drug-likeness (QED) is 0.649. The van der Waals surface area contributed by atoms with Crippen LogP contribution in [0.15, 0.2) is 59.1 Å². The molecule has 26 heavy (non-hydrogen) atoms. The number of para-hydroxylation sites is 1. The third-order valence-corrected chi connectivity index (χ3v) is 4.05. The maximum absolute atomic E-state index is 12.5. The molecule has 3 rings (SSSR count). The van der Waals surface area contributed by atoms with Crippen molar-refractivity contribution in [3.63, 3.8) is 0 Å². The number of amides is 1. The summed E-state index contributed by atoms with van der Waals surface area (Å²) in [6, 6.07) is 17.0. The van der Waals surface area contributed by atoms with E-state index in [1.807, 2.05) is 61.5 Å². The molecule has 0 saturated carbocycles. The van der Waals surface area contributed by atoms with Crippen molar-refractivity contribution in [2.45, 2.75) is 19.8 Å². The number of aryl methyl sites for hydroxylation is 1. The normalized spacial score (nSPS) is 10.5. The molecule has 0 spiro atoms. The van der Waals surface area contributed by atoms with Crippen LogP contribution in [-0.4, -0.2) is 29.7 Å². The predicted molar refractivity (Wildman–Crippen MR) is 99.1 cm³/mol. The van der Waals surface area contributed by atoms with E-state index in [1.54, 1.807) is 12.0 Å². The first-order chi connectivity index (χ1) is 12.7. The second-order valence-electron chi connectivity index (χ2n) is 5.71. The zero-order valence-electron chi connectivity index (χ0n) is 14.9. The zero-order valence-corrected chi connectivity index (χ0v) is 14.9. The van der Waals surface area contributed by atoms with E-state index >= 15 is 0 Å². The van der Waals surface area contributed by atoms with E-state index in [0.717, 1.165) is 17.0 Å². The minimum absolute atomic E-state index is 0.0305. The molecular formula is C20H21N3O3. The number of anilines is 1. The maximum Gasteiger partial charge on any atom is 0.227 e. The van der Waals surface area contributed by atoms with Crippen molar-refractivity contribution in [3.8, 4) is 17.1 Å². The van der Waals surface area contributed by atoms with Gasteiger partial charge in [0.1, 0.15) is 5.75 Å². The van der Waals surface area contributed by atoms with Gasteiger partial charge >= 0.3 is 0 Å². The molecule has 2 aromatic carbocycles. The Bertz CT molecular complexity index is 844. The summed E-state index contributed by atoms with van der Waals surface area (Å²) >= 11 is 0. The Labute approximate surface area is 152 Å². The van der Waals surface area contributed by atoms with Gasteiger partial charge in [-0.3, -0.25) is 4.79 Å². The molecule has 0 aliphatic carbocycles. The van der Waals surface area contributed by atoms with Crippen LogP contribution in [0.2, 0.25) is 0 Å². The molecule has 0 aliphatic heterocycles. The molecule has 0 saturated heterocycles. The van der Waals surface area contributed by atoms with Crippen LogP contribution in [0.25, 0.3) is 11.4 Å². The summed E-state index contributed by atoms with van der Waals surface area (Å²) in [6.07, 6.45) is 0.721. The van der Waals surface area contributed by atoms with E-state index in [4.69, 9.17) is 9.26 Å². The largest absolute Gasteiger partial charge is 0.497 e. The second kappa shape index (κ2) is 8.29. The molecule has 1 amide bonds.